The predicted molar refractivity (Wildman–Crippen MR) is 62.4 cm³/mol. The maximum absolute atomic E-state index is 13.3. The van der Waals surface area contributed by atoms with Gasteiger partial charge in [0.2, 0.25) is 5.91 Å². The SMILES string of the molecule is O=C(Nc1ccc(C(F)(F)F)c(F)c1)C1CC(O)CN1. The minimum atomic E-state index is -4.77. The van der Waals surface area contributed by atoms with Crippen LogP contribution < -0.4 is 10.6 Å². The highest BCUT2D eigenvalue weighted by molar-refractivity contribution is 5.95. The zero-order chi connectivity index (χ0) is 14.9. The number of β-amino-alcohol motifs (C(OH)–C–C–N with tert-alkyl or cyclic N) is 1. The Hall–Kier alpha value is -1.67. The molecule has 0 bridgehead atoms. The van der Waals surface area contributed by atoms with E-state index in [4.69, 9.17) is 0 Å². The van der Waals surface area contributed by atoms with Gasteiger partial charge in [0, 0.05) is 12.2 Å². The van der Waals surface area contributed by atoms with Crippen LogP contribution in [0.5, 0.6) is 0 Å². The highest BCUT2D eigenvalue weighted by atomic mass is 19.4. The average molecular weight is 292 g/mol. The molecular weight excluding hydrogens is 280 g/mol. The molecule has 8 heteroatoms. The van der Waals surface area contributed by atoms with Gasteiger partial charge >= 0.3 is 6.18 Å². The number of amides is 1. The first-order valence-corrected chi connectivity index (χ1v) is 5.86. The molecule has 1 saturated heterocycles. The summed E-state index contributed by atoms with van der Waals surface area (Å²) in [7, 11) is 0. The summed E-state index contributed by atoms with van der Waals surface area (Å²) < 4.78 is 50.4. The second-order valence-electron chi connectivity index (χ2n) is 4.53. The largest absolute Gasteiger partial charge is 0.419 e. The third-order valence-electron chi connectivity index (χ3n) is 2.97. The van der Waals surface area contributed by atoms with E-state index in [2.05, 4.69) is 10.6 Å². The number of aliphatic hydroxyl groups excluding tert-OH is 1. The van der Waals surface area contributed by atoms with Crippen LogP contribution in [0.15, 0.2) is 18.2 Å². The molecule has 4 nitrogen and oxygen atoms in total. The van der Waals surface area contributed by atoms with Crippen molar-refractivity contribution < 1.29 is 27.5 Å². The number of benzene rings is 1. The summed E-state index contributed by atoms with van der Waals surface area (Å²) in [5.74, 6) is -1.98. The van der Waals surface area contributed by atoms with Crippen LogP contribution in [0.2, 0.25) is 0 Å². The summed E-state index contributed by atoms with van der Waals surface area (Å²) in [6.07, 6.45) is -5.21. The van der Waals surface area contributed by atoms with Gasteiger partial charge in [0.25, 0.3) is 0 Å². The summed E-state index contributed by atoms with van der Waals surface area (Å²) in [6.45, 7) is 0.263. The van der Waals surface area contributed by atoms with E-state index in [1.54, 1.807) is 0 Å². The maximum Gasteiger partial charge on any atom is 0.419 e. The molecule has 2 rings (SSSR count). The van der Waals surface area contributed by atoms with E-state index in [0.29, 0.717) is 12.1 Å². The lowest BCUT2D eigenvalue weighted by molar-refractivity contribution is -0.139. The molecule has 1 fully saturated rings. The first-order valence-electron chi connectivity index (χ1n) is 5.86. The van der Waals surface area contributed by atoms with Crippen molar-refractivity contribution in [2.45, 2.75) is 24.7 Å². The number of halogens is 4. The molecular formula is C12H12F4N2O2. The second-order valence-corrected chi connectivity index (χ2v) is 4.53. The van der Waals surface area contributed by atoms with Crippen LogP contribution in [-0.2, 0) is 11.0 Å². The minimum Gasteiger partial charge on any atom is -0.392 e. The van der Waals surface area contributed by atoms with Crippen molar-refractivity contribution in [2.75, 3.05) is 11.9 Å². The molecule has 1 aromatic rings. The van der Waals surface area contributed by atoms with Gasteiger partial charge in [-0.2, -0.15) is 13.2 Å². The predicted octanol–water partition coefficient (Wildman–Crippen LogP) is 1.51. The lowest BCUT2D eigenvalue weighted by Crippen LogP contribution is -2.35. The molecule has 2 unspecified atom stereocenters. The number of carbonyl (C=O) groups is 1. The normalized spacial score (nSPS) is 22.9. The first kappa shape index (κ1) is 14.7. The number of aliphatic hydroxyl groups is 1. The fourth-order valence-corrected chi connectivity index (χ4v) is 1.97. The fraction of sp³-hybridized carbons (Fsp3) is 0.417. The lowest BCUT2D eigenvalue weighted by Gasteiger charge is -2.13. The Kier molecular flexibility index (Phi) is 3.96. The maximum atomic E-state index is 13.3. The van der Waals surface area contributed by atoms with Crippen LogP contribution in [0.25, 0.3) is 0 Å². The van der Waals surface area contributed by atoms with E-state index in [0.717, 1.165) is 6.07 Å². The Morgan fingerprint density at radius 1 is 1.40 bits per heavy atom. The summed E-state index contributed by atoms with van der Waals surface area (Å²) in [6, 6.07) is 1.53. The molecule has 1 aliphatic heterocycles. The van der Waals surface area contributed by atoms with Gasteiger partial charge in [0.15, 0.2) is 0 Å². The molecule has 1 heterocycles. The molecule has 0 spiro atoms. The quantitative estimate of drug-likeness (QED) is 0.724. The smallest absolute Gasteiger partial charge is 0.392 e. The Morgan fingerprint density at radius 3 is 2.60 bits per heavy atom. The van der Waals surface area contributed by atoms with E-state index in [9.17, 15) is 27.5 Å². The molecule has 0 aliphatic carbocycles. The Morgan fingerprint density at radius 2 is 2.10 bits per heavy atom. The third-order valence-corrected chi connectivity index (χ3v) is 2.97. The van der Waals surface area contributed by atoms with E-state index >= 15 is 0 Å². The van der Waals surface area contributed by atoms with Gasteiger partial charge in [-0.15, -0.1) is 0 Å². The fourth-order valence-electron chi connectivity index (χ4n) is 1.97. The Labute approximate surface area is 111 Å². The van der Waals surface area contributed by atoms with Crippen LogP contribution in [0, 0.1) is 5.82 Å². The number of hydrogen-bond acceptors (Lipinski definition) is 3. The van der Waals surface area contributed by atoms with Crippen molar-refractivity contribution in [1.82, 2.24) is 5.32 Å². The zero-order valence-electron chi connectivity index (χ0n) is 10.2. The molecule has 20 heavy (non-hydrogen) atoms. The molecule has 1 amide bonds. The lowest BCUT2D eigenvalue weighted by atomic mass is 10.1. The van der Waals surface area contributed by atoms with Crippen LogP contribution in [0.1, 0.15) is 12.0 Å². The third kappa shape index (κ3) is 3.26. The molecule has 0 aromatic heterocycles. The Balaban J connectivity index is 2.07. The van der Waals surface area contributed by atoms with Gasteiger partial charge in [0.1, 0.15) is 5.82 Å². The van der Waals surface area contributed by atoms with Crippen molar-refractivity contribution in [3.05, 3.63) is 29.6 Å². The van der Waals surface area contributed by atoms with Crippen LogP contribution in [0.3, 0.4) is 0 Å². The second kappa shape index (κ2) is 5.37. The van der Waals surface area contributed by atoms with Crippen molar-refractivity contribution in [3.8, 4) is 0 Å². The van der Waals surface area contributed by atoms with Gasteiger partial charge in [-0.25, -0.2) is 4.39 Å². The van der Waals surface area contributed by atoms with E-state index < -0.39 is 35.6 Å². The molecule has 3 N–H and O–H groups in total. The number of nitrogens with one attached hydrogen (secondary N) is 2. The number of hydrogen-bond donors (Lipinski definition) is 3. The van der Waals surface area contributed by atoms with Gasteiger partial charge in [-0.3, -0.25) is 4.79 Å². The van der Waals surface area contributed by atoms with Crippen LogP contribution in [0.4, 0.5) is 23.2 Å². The summed E-state index contributed by atoms with van der Waals surface area (Å²) >= 11 is 0. The van der Waals surface area contributed by atoms with Crippen molar-refractivity contribution in [2.24, 2.45) is 0 Å². The van der Waals surface area contributed by atoms with Gasteiger partial charge in [-0.1, -0.05) is 0 Å². The molecule has 0 radical (unpaired) electrons. The number of rotatable bonds is 2. The van der Waals surface area contributed by atoms with Crippen molar-refractivity contribution in [3.63, 3.8) is 0 Å². The zero-order valence-corrected chi connectivity index (χ0v) is 10.2. The molecule has 1 aromatic carbocycles. The highest BCUT2D eigenvalue weighted by Gasteiger charge is 2.34. The topological polar surface area (TPSA) is 61.4 Å². The van der Waals surface area contributed by atoms with Gasteiger partial charge in [-0.05, 0) is 24.6 Å². The number of alkyl halides is 3. The van der Waals surface area contributed by atoms with Crippen molar-refractivity contribution >= 4 is 11.6 Å². The monoisotopic (exact) mass is 292 g/mol. The molecule has 110 valence electrons. The highest BCUT2D eigenvalue weighted by Crippen LogP contribution is 2.32. The van der Waals surface area contributed by atoms with Crippen LogP contribution in [-0.4, -0.2) is 29.7 Å². The number of carbonyl (C=O) groups excluding carboxylic acids is 1. The molecule has 0 saturated carbocycles. The number of anilines is 1. The first-order chi connectivity index (χ1) is 9.27. The summed E-state index contributed by atoms with van der Waals surface area (Å²) in [5, 5.41) is 14.3. The standard InChI is InChI=1S/C12H12F4N2O2/c13-9-3-6(1-2-8(9)12(14,15)16)18-11(20)10-4-7(19)5-17-10/h1-3,7,10,17,19H,4-5H2,(H,18,20). The van der Waals surface area contributed by atoms with Crippen molar-refractivity contribution in [1.29, 1.82) is 0 Å². The van der Waals surface area contributed by atoms with Gasteiger partial charge in [0.05, 0.1) is 17.7 Å². The van der Waals surface area contributed by atoms with E-state index in [1.807, 2.05) is 0 Å². The van der Waals surface area contributed by atoms with E-state index in [-0.39, 0.29) is 18.7 Å². The molecule has 2 atom stereocenters. The van der Waals surface area contributed by atoms with Crippen LogP contribution >= 0.6 is 0 Å². The minimum absolute atomic E-state index is 0.0660. The summed E-state index contributed by atoms with van der Waals surface area (Å²) in [5.41, 5.74) is -1.45. The average Bonchev–Trinajstić information content (AvgIpc) is 2.74. The molecule has 1 aliphatic rings. The van der Waals surface area contributed by atoms with E-state index in [1.165, 1.54) is 0 Å². The van der Waals surface area contributed by atoms with Gasteiger partial charge < -0.3 is 15.7 Å². The Bertz CT molecular complexity index is 519. The summed E-state index contributed by atoms with van der Waals surface area (Å²) in [4.78, 5) is 11.7.